The molecule has 1 atom stereocenters. The Morgan fingerprint density at radius 1 is 1.48 bits per heavy atom. The lowest BCUT2D eigenvalue weighted by molar-refractivity contribution is -0.126. The molecule has 0 saturated carbocycles. The van der Waals surface area contributed by atoms with Crippen molar-refractivity contribution in [2.45, 2.75) is 33.3 Å². The number of rotatable bonds is 9. The van der Waals surface area contributed by atoms with E-state index in [9.17, 15) is 4.79 Å². The zero-order chi connectivity index (χ0) is 15.7. The molecule has 0 aliphatic heterocycles. The lowest BCUT2D eigenvalue weighted by atomic mass is 10.3. The van der Waals surface area contributed by atoms with Crippen LogP contribution in [0, 0.1) is 0 Å². The Morgan fingerprint density at radius 2 is 2.19 bits per heavy atom. The van der Waals surface area contributed by atoms with Crippen molar-refractivity contribution in [3.05, 3.63) is 31.0 Å². The van der Waals surface area contributed by atoms with Crippen molar-refractivity contribution in [1.82, 2.24) is 4.98 Å². The van der Waals surface area contributed by atoms with Gasteiger partial charge in [0.1, 0.15) is 11.9 Å². The Morgan fingerprint density at radius 3 is 2.71 bits per heavy atom. The van der Waals surface area contributed by atoms with Crippen LogP contribution in [-0.4, -0.2) is 36.7 Å². The van der Waals surface area contributed by atoms with E-state index in [1.165, 1.54) is 0 Å². The molecule has 0 aliphatic carbocycles. The molecule has 0 bridgehead atoms. The van der Waals surface area contributed by atoms with Crippen LogP contribution in [0.2, 0.25) is 0 Å². The van der Waals surface area contributed by atoms with E-state index in [-0.39, 0.29) is 5.91 Å². The molecule has 0 saturated heterocycles. The number of hydrogen-bond donors (Lipinski definition) is 1. The average molecular weight is 291 g/mol. The van der Waals surface area contributed by atoms with Gasteiger partial charge in [-0.15, -0.1) is 6.58 Å². The summed E-state index contributed by atoms with van der Waals surface area (Å²) in [4.78, 5) is 18.4. The molecule has 1 aromatic rings. The summed E-state index contributed by atoms with van der Waals surface area (Å²) >= 11 is 0. The van der Waals surface area contributed by atoms with E-state index in [0.29, 0.717) is 12.3 Å². The molecule has 21 heavy (non-hydrogen) atoms. The molecule has 5 heteroatoms. The van der Waals surface area contributed by atoms with E-state index in [2.05, 4.69) is 35.6 Å². The normalized spacial score (nSPS) is 11.8. The van der Waals surface area contributed by atoms with E-state index in [0.717, 1.165) is 25.3 Å². The van der Waals surface area contributed by atoms with Crippen molar-refractivity contribution in [2.75, 3.05) is 29.9 Å². The lowest BCUT2D eigenvalue weighted by Gasteiger charge is -2.20. The third-order valence-corrected chi connectivity index (χ3v) is 3.16. The predicted molar refractivity (Wildman–Crippen MR) is 86.7 cm³/mol. The standard InChI is InChI=1S/C16H25N3O2/c1-5-8-11-21-13(4)16(20)18-14-9-10-15(17-12-14)19(6-2)7-3/h5,9-10,12-13H,1,6-8,11H2,2-4H3,(H,18,20). The molecule has 1 rings (SSSR count). The zero-order valence-corrected chi connectivity index (χ0v) is 13.1. The number of ether oxygens (including phenoxy) is 1. The number of nitrogens with zero attached hydrogens (tertiary/aromatic N) is 2. The molecule has 116 valence electrons. The zero-order valence-electron chi connectivity index (χ0n) is 13.1. The molecule has 0 radical (unpaired) electrons. The number of aromatic nitrogens is 1. The first-order chi connectivity index (χ1) is 10.1. The van der Waals surface area contributed by atoms with E-state index >= 15 is 0 Å². The Bertz CT molecular complexity index is 441. The molecule has 5 nitrogen and oxygen atoms in total. The molecule has 1 N–H and O–H groups in total. The van der Waals surface area contributed by atoms with Gasteiger partial charge in [0.25, 0.3) is 5.91 Å². The third kappa shape index (κ3) is 5.55. The summed E-state index contributed by atoms with van der Waals surface area (Å²) in [7, 11) is 0. The van der Waals surface area contributed by atoms with E-state index < -0.39 is 6.10 Å². The predicted octanol–water partition coefficient (Wildman–Crippen LogP) is 2.85. The molecule has 0 fully saturated rings. The van der Waals surface area contributed by atoms with Crippen molar-refractivity contribution in [1.29, 1.82) is 0 Å². The van der Waals surface area contributed by atoms with E-state index in [4.69, 9.17) is 4.74 Å². The van der Waals surface area contributed by atoms with Crippen molar-refractivity contribution in [3.8, 4) is 0 Å². The maximum Gasteiger partial charge on any atom is 0.253 e. The molecule has 0 aliphatic rings. The van der Waals surface area contributed by atoms with Crippen molar-refractivity contribution in [3.63, 3.8) is 0 Å². The first kappa shape index (κ1) is 17.2. The molecule has 0 aromatic carbocycles. The van der Waals surface area contributed by atoms with Crippen LogP contribution >= 0.6 is 0 Å². The minimum Gasteiger partial charge on any atom is -0.368 e. The minimum absolute atomic E-state index is 0.170. The third-order valence-electron chi connectivity index (χ3n) is 3.16. The second-order valence-electron chi connectivity index (χ2n) is 4.66. The van der Waals surface area contributed by atoms with Crippen LogP contribution < -0.4 is 10.2 Å². The number of carbonyl (C=O) groups excluding carboxylic acids is 1. The highest BCUT2D eigenvalue weighted by atomic mass is 16.5. The van der Waals surface area contributed by atoms with Crippen LogP contribution in [-0.2, 0) is 9.53 Å². The second kappa shape index (κ2) is 9.13. The average Bonchev–Trinajstić information content (AvgIpc) is 2.50. The largest absolute Gasteiger partial charge is 0.368 e. The topological polar surface area (TPSA) is 54.5 Å². The van der Waals surface area contributed by atoms with Gasteiger partial charge in [0.2, 0.25) is 0 Å². The summed E-state index contributed by atoms with van der Waals surface area (Å²) in [5.74, 6) is 0.740. The molecule has 1 aromatic heterocycles. The van der Waals surface area contributed by atoms with E-state index in [1.54, 1.807) is 19.2 Å². The van der Waals surface area contributed by atoms with Crippen molar-refractivity contribution >= 4 is 17.4 Å². The summed E-state index contributed by atoms with van der Waals surface area (Å²) in [6.45, 7) is 11.8. The highest BCUT2D eigenvalue weighted by Crippen LogP contribution is 2.14. The Labute approximate surface area is 127 Å². The molecule has 0 spiro atoms. The van der Waals surface area contributed by atoms with Gasteiger partial charge in [-0.1, -0.05) is 6.08 Å². The lowest BCUT2D eigenvalue weighted by Crippen LogP contribution is -2.28. The quantitative estimate of drug-likeness (QED) is 0.561. The maximum atomic E-state index is 11.9. The monoisotopic (exact) mass is 291 g/mol. The van der Waals surface area contributed by atoms with Crippen LogP contribution in [0.25, 0.3) is 0 Å². The number of carbonyl (C=O) groups is 1. The molecular formula is C16H25N3O2. The SMILES string of the molecule is C=CCCOC(C)C(=O)Nc1ccc(N(CC)CC)nc1. The van der Waals surface area contributed by atoms with Crippen LogP contribution in [0.15, 0.2) is 31.0 Å². The van der Waals surface area contributed by atoms with E-state index in [1.807, 2.05) is 12.1 Å². The summed E-state index contributed by atoms with van der Waals surface area (Å²) in [6.07, 6.45) is 3.67. The fourth-order valence-electron chi connectivity index (χ4n) is 1.84. The van der Waals surface area contributed by atoms with Crippen molar-refractivity contribution in [2.24, 2.45) is 0 Å². The highest BCUT2D eigenvalue weighted by Gasteiger charge is 2.13. The highest BCUT2D eigenvalue weighted by molar-refractivity contribution is 5.93. The number of nitrogens with one attached hydrogen (secondary N) is 1. The van der Waals surface area contributed by atoms with Gasteiger partial charge in [-0.2, -0.15) is 0 Å². The summed E-state index contributed by atoms with van der Waals surface area (Å²) in [5.41, 5.74) is 0.676. The second-order valence-corrected chi connectivity index (χ2v) is 4.66. The molecule has 1 unspecified atom stereocenters. The van der Waals surface area contributed by atoms with Crippen LogP contribution in [0.4, 0.5) is 11.5 Å². The first-order valence-electron chi connectivity index (χ1n) is 7.36. The number of anilines is 2. The maximum absolute atomic E-state index is 11.9. The fourth-order valence-corrected chi connectivity index (χ4v) is 1.84. The number of hydrogen-bond acceptors (Lipinski definition) is 4. The number of pyridine rings is 1. The fraction of sp³-hybridized carbons (Fsp3) is 0.500. The van der Waals surface area contributed by atoms with Gasteiger partial charge in [-0.25, -0.2) is 4.98 Å². The van der Waals surface area contributed by atoms with Gasteiger partial charge in [-0.3, -0.25) is 4.79 Å². The molecule has 1 amide bonds. The first-order valence-corrected chi connectivity index (χ1v) is 7.36. The Balaban J connectivity index is 2.54. The van der Waals surface area contributed by atoms with Gasteiger partial charge < -0.3 is 15.0 Å². The van der Waals surface area contributed by atoms with Gasteiger partial charge in [0.15, 0.2) is 0 Å². The van der Waals surface area contributed by atoms with Crippen LogP contribution in [0.5, 0.6) is 0 Å². The summed E-state index contributed by atoms with van der Waals surface area (Å²) < 4.78 is 5.40. The van der Waals surface area contributed by atoms with Gasteiger partial charge in [0, 0.05) is 13.1 Å². The minimum atomic E-state index is -0.493. The Kier molecular flexibility index (Phi) is 7.46. The van der Waals surface area contributed by atoms with Crippen LogP contribution in [0.1, 0.15) is 27.2 Å². The van der Waals surface area contributed by atoms with Crippen molar-refractivity contribution < 1.29 is 9.53 Å². The number of amides is 1. The van der Waals surface area contributed by atoms with Crippen LogP contribution in [0.3, 0.4) is 0 Å². The Hall–Kier alpha value is -1.88. The summed E-state index contributed by atoms with van der Waals surface area (Å²) in [6, 6.07) is 3.76. The molecular weight excluding hydrogens is 266 g/mol. The molecule has 1 heterocycles. The smallest absolute Gasteiger partial charge is 0.253 e. The van der Waals surface area contributed by atoms with Gasteiger partial charge >= 0.3 is 0 Å². The van der Waals surface area contributed by atoms with Gasteiger partial charge in [0.05, 0.1) is 18.5 Å². The summed E-state index contributed by atoms with van der Waals surface area (Å²) in [5, 5.41) is 2.80. The van der Waals surface area contributed by atoms with Gasteiger partial charge in [-0.05, 0) is 39.3 Å².